The van der Waals surface area contributed by atoms with Gasteiger partial charge in [-0.15, -0.1) is 0 Å². The molecular weight excluding hydrogens is 132 g/mol. The van der Waals surface area contributed by atoms with Gasteiger partial charge < -0.3 is 0 Å². The van der Waals surface area contributed by atoms with E-state index in [0.29, 0.717) is 0 Å². The Morgan fingerprint density at radius 3 is 2.00 bits per heavy atom. The van der Waals surface area contributed by atoms with Crippen molar-refractivity contribution < 1.29 is 14.6 Å². The van der Waals surface area contributed by atoms with Gasteiger partial charge in [-0.3, -0.25) is 4.89 Å². The minimum absolute atomic E-state index is 0.0669. The van der Waals surface area contributed by atoms with E-state index in [-0.39, 0.29) is 18.0 Å². The highest BCUT2D eigenvalue weighted by molar-refractivity contribution is 5.70. The third-order valence-electron chi connectivity index (χ3n) is 0.794. The Hall–Kier alpha value is -0.570. The maximum absolute atomic E-state index is 10.7. The third kappa shape index (κ3) is 4.32. The molecule has 0 aliphatic carbocycles. The molecule has 3 heteroatoms. The molecular formula is C7H14O3. The van der Waals surface area contributed by atoms with Gasteiger partial charge in [0.1, 0.15) is 0 Å². The van der Waals surface area contributed by atoms with E-state index in [4.69, 9.17) is 0 Å². The molecule has 0 aromatic rings. The first-order chi connectivity index (χ1) is 4.54. The van der Waals surface area contributed by atoms with Crippen LogP contribution in [0.5, 0.6) is 0 Å². The van der Waals surface area contributed by atoms with E-state index in [2.05, 4.69) is 9.78 Å². The predicted octanol–water partition coefficient (Wildman–Crippen LogP) is 1.53. The van der Waals surface area contributed by atoms with Crippen molar-refractivity contribution in [3.05, 3.63) is 0 Å². The van der Waals surface area contributed by atoms with Gasteiger partial charge in [0.05, 0.1) is 12.0 Å². The molecule has 3 nitrogen and oxygen atoms in total. The molecule has 0 N–H and O–H groups in total. The van der Waals surface area contributed by atoms with Crippen LogP contribution in [0.4, 0.5) is 0 Å². The van der Waals surface area contributed by atoms with Crippen molar-refractivity contribution in [3.8, 4) is 0 Å². The Kier molecular flexibility index (Phi) is 4.03. The average molecular weight is 146 g/mol. The van der Waals surface area contributed by atoms with Gasteiger partial charge in [-0.2, -0.15) is 4.89 Å². The van der Waals surface area contributed by atoms with Gasteiger partial charge in [0.25, 0.3) is 0 Å². The summed E-state index contributed by atoms with van der Waals surface area (Å²) < 4.78 is 0. The van der Waals surface area contributed by atoms with Crippen molar-refractivity contribution >= 4 is 5.97 Å². The van der Waals surface area contributed by atoms with Gasteiger partial charge >= 0.3 is 5.97 Å². The van der Waals surface area contributed by atoms with Crippen LogP contribution in [-0.4, -0.2) is 12.1 Å². The Morgan fingerprint density at radius 2 is 1.70 bits per heavy atom. The van der Waals surface area contributed by atoms with Gasteiger partial charge in [0.2, 0.25) is 0 Å². The summed E-state index contributed by atoms with van der Waals surface area (Å²) in [6.07, 6.45) is -0.0669. The highest BCUT2D eigenvalue weighted by atomic mass is 17.2. The van der Waals surface area contributed by atoms with Crippen molar-refractivity contribution in [3.63, 3.8) is 0 Å². The minimum Gasteiger partial charge on any atom is -0.298 e. The summed E-state index contributed by atoms with van der Waals surface area (Å²) in [7, 11) is 0. The topological polar surface area (TPSA) is 35.5 Å². The zero-order valence-corrected chi connectivity index (χ0v) is 6.88. The second-order valence-corrected chi connectivity index (χ2v) is 2.70. The molecule has 0 saturated heterocycles. The van der Waals surface area contributed by atoms with Crippen LogP contribution in [0.1, 0.15) is 27.7 Å². The summed E-state index contributed by atoms with van der Waals surface area (Å²) in [5.41, 5.74) is 0. The zero-order valence-electron chi connectivity index (χ0n) is 6.88. The van der Waals surface area contributed by atoms with Gasteiger partial charge in [-0.05, 0) is 13.8 Å². The van der Waals surface area contributed by atoms with Crippen molar-refractivity contribution in [2.45, 2.75) is 33.8 Å². The summed E-state index contributed by atoms with van der Waals surface area (Å²) in [6, 6.07) is 0. The van der Waals surface area contributed by atoms with Gasteiger partial charge in [-0.25, -0.2) is 4.79 Å². The first-order valence-corrected chi connectivity index (χ1v) is 3.41. The molecule has 0 aliphatic rings. The maximum Gasteiger partial charge on any atom is 0.344 e. The lowest BCUT2D eigenvalue weighted by Crippen LogP contribution is -2.15. The largest absolute Gasteiger partial charge is 0.344 e. The number of hydrogen-bond acceptors (Lipinski definition) is 3. The van der Waals surface area contributed by atoms with E-state index in [1.807, 2.05) is 0 Å². The van der Waals surface area contributed by atoms with E-state index >= 15 is 0 Å². The zero-order chi connectivity index (χ0) is 8.15. The minimum atomic E-state index is -0.325. The highest BCUT2D eigenvalue weighted by Crippen LogP contribution is 1.98. The van der Waals surface area contributed by atoms with E-state index in [0.717, 1.165) is 0 Å². The standard InChI is InChI=1S/C7H14O3/c1-5(2)7(8)10-9-6(3)4/h5-6H,1-4H3. The lowest BCUT2D eigenvalue weighted by Gasteiger charge is -2.06. The van der Waals surface area contributed by atoms with E-state index in [1.165, 1.54) is 0 Å². The Labute approximate surface area is 61.2 Å². The highest BCUT2D eigenvalue weighted by Gasteiger charge is 2.09. The quantitative estimate of drug-likeness (QED) is 0.447. The molecule has 0 spiro atoms. The number of carbonyl (C=O) groups excluding carboxylic acids is 1. The smallest absolute Gasteiger partial charge is 0.298 e. The monoisotopic (exact) mass is 146 g/mol. The summed E-state index contributed by atoms with van der Waals surface area (Å²) in [4.78, 5) is 19.7. The Morgan fingerprint density at radius 1 is 1.20 bits per heavy atom. The van der Waals surface area contributed by atoms with E-state index < -0.39 is 0 Å². The summed E-state index contributed by atoms with van der Waals surface area (Å²) in [5, 5.41) is 0. The normalized spacial score (nSPS) is 10.6. The van der Waals surface area contributed by atoms with Crippen LogP contribution in [-0.2, 0) is 14.6 Å². The van der Waals surface area contributed by atoms with Crippen LogP contribution in [0.25, 0.3) is 0 Å². The summed E-state index contributed by atoms with van der Waals surface area (Å²) in [6.45, 7) is 7.11. The van der Waals surface area contributed by atoms with Crippen LogP contribution < -0.4 is 0 Å². The molecule has 0 amide bonds. The molecule has 0 aliphatic heterocycles. The number of carbonyl (C=O) groups is 1. The van der Waals surface area contributed by atoms with Gasteiger partial charge in [0, 0.05) is 0 Å². The van der Waals surface area contributed by atoms with E-state index in [9.17, 15) is 4.79 Å². The van der Waals surface area contributed by atoms with Crippen LogP contribution in [0, 0.1) is 5.92 Å². The van der Waals surface area contributed by atoms with Crippen LogP contribution in [0.3, 0.4) is 0 Å². The molecule has 0 bridgehead atoms. The molecule has 0 fully saturated rings. The fourth-order valence-corrected chi connectivity index (χ4v) is 0.240. The fourth-order valence-electron chi connectivity index (χ4n) is 0.240. The second kappa shape index (κ2) is 4.28. The number of rotatable bonds is 3. The molecule has 0 atom stereocenters. The Balaban J connectivity index is 3.40. The molecule has 0 radical (unpaired) electrons. The molecule has 0 aromatic carbocycles. The van der Waals surface area contributed by atoms with Crippen molar-refractivity contribution in [1.82, 2.24) is 0 Å². The fraction of sp³-hybridized carbons (Fsp3) is 0.857. The average Bonchev–Trinajstić information content (AvgIpc) is 1.82. The van der Waals surface area contributed by atoms with Crippen molar-refractivity contribution in [2.24, 2.45) is 5.92 Å². The molecule has 0 saturated carbocycles. The lowest BCUT2D eigenvalue weighted by molar-refractivity contribution is -0.293. The first-order valence-electron chi connectivity index (χ1n) is 3.41. The van der Waals surface area contributed by atoms with Crippen LogP contribution >= 0.6 is 0 Å². The van der Waals surface area contributed by atoms with Crippen LogP contribution in [0.15, 0.2) is 0 Å². The van der Waals surface area contributed by atoms with Gasteiger partial charge in [0.15, 0.2) is 0 Å². The Bertz CT molecular complexity index is 107. The molecule has 0 heterocycles. The second-order valence-electron chi connectivity index (χ2n) is 2.70. The van der Waals surface area contributed by atoms with Crippen LogP contribution in [0.2, 0.25) is 0 Å². The predicted molar refractivity (Wildman–Crippen MR) is 37.2 cm³/mol. The molecule has 0 rings (SSSR count). The molecule has 60 valence electrons. The summed E-state index contributed by atoms with van der Waals surface area (Å²) in [5.74, 6) is -0.451. The van der Waals surface area contributed by atoms with E-state index in [1.54, 1.807) is 27.7 Å². The molecule has 10 heavy (non-hydrogen) atoms. The number of hydrogen-bond donors (Lipinski definition) is 0. The lowest BCUT2D eigenvalue weighted by atomic mass is 10.2. The maximum atomic E-state index is 10.7. The third-order valence-corrected chi connectivity index (χ3v) is 0.794. The van der Waals surface area contributed by atoms with Crippen molar-refractivity contribution in [1.29, 1.82) is 0 Å². The molecule has 0 unspecified atom stereocenters. The van der Waals surface area contributed by atoms with Crippen molar-refractivity contribution in [2.75, 3.05) is 0 Å². The SMILES string of the molecule is CC(C)OOC(=O)C(C)C. The summed E-state index contributed by atoms with van der Waals surface area (Å²) >= 11 is 0. The van der Waals surface area contributed by atoms with Gasteiger partial charge in [-0.1, -0.05) is 13.8 Å². The first kappa shape index (κ1) is 9.43. The molecule has 0 aromatic heterocycles.